The average molecular weight is 305 g/mol. The molecule has 1 atom stereocenters. The average Bonchev–Trinajstić information content (AvgIpc) is 2.51. The van der Waals surface area contributed by atoms with Gasteiger partial charge in [-0.1, -0.05) is 18.2 Å². The minimum atomic E-state index is -0.437. The summed E-state index contributed by atoms with van der Waals surface area (Å²) in [5.74, 6) is 0.662. The van der Waals surface area contributed by atoms with Gasteiger partial charge in [-0.05, 0) is 6.07 Å². The molecule has 1 aliphatic heterocycles. The van der Waals surface area contributed by atoms with Crippen molar-refractivity contribution in [1.82, 2.24) is 15.1 Å². The Morgan fingerprint density at radius 2 is 2.14 bits per heavy atom. The second kappa shape index (κ2) is 7.26. The van der Waals surface area contributed by atoms with Crippen molar-refractivity contribution >= 4 is 11.8 Å². The predicted octanol–water partition coefficient (Wildman–Crippen LogP) is 0.474. The van der Waals surface area contributed by atoms with Crippen LogP contribution in [-0.2, 0) is 16.1 Å². The molecular weight excluding hydrogens is 282 g/mol. The molecule has 120 valence electrons. The molecule has 0 saturated carbocycles. The molecule has 0 radical (unpaired) electrons. The maximum atomic E-state index is 12.2. The Morgan fingerprint density at radius 1 is 1.41 bits per heavy atom. The number of carbonyl (C=O) groups excluding carboxylic acids is 2. The summed E-state index contributed by atoms with van der Waals surface area (Å²) in [4.78, 5) is 27.7. The smallest absolute Gasteiger partial charge is 0.237 e. The van der Waals surface area contributed by atoms with Gasteiger partial charge in [0.15, 0.2) is 0 Å². The number of hydrogen-bond donors (Lipinski definition) is 1. The molecule has 1 saturated heterocycles. The van der Waals surface area contributed by atoms with Gasteiger partial charge >= 0.3 is 0 Å². The highest BCUT2D eigenvalue weighted by molar-refractivity contribution is 5.88. The lowest BCUT2D eigenvalue weighted by Crippen LogP contribution is -2.56. The van der Waals surface area contributed by atoms with Crippen molar-refractivity contribution in [3.8, 4) is 5.75 Å². The number of hydrogen-bond acceptors (Lipinski definition) is 4. The van der Waals surface area contributed by atoms with Crippen molar-refractivity contribution in [2.45, 2.75) is 19.0 Å². The molecule has 1 aliphatic rings. The quantitative estimate of drug-likeness (QED) is 0.859. The number of carbonyl (C=O) groups is 2. The maximum absolute atomic E-state index is 12.2. The fourth-order valence-corrected chi connectivity index (χ4v) is 2.57. The minimum absolute atomic E-state index is 0.0490. The zero-order valence-electron chi connectivity index (χ0n) is 13.3. The molecule has 0 aromatic heterocycles. The van der Waals surface area contributed by atoms with Gasteiger partial charge in [0.2, 0.25) is 11.8 Å². The van der Waals surface area contributed by atoms with Gasteiger partial charge in [0.25, 0.3) is 0 Å². The van der Waals surface area contributed by atoms with E-state index < -0.39 is 6.04 Å². The molecule has 0 unspecified atom stereocenters. The summed E-state index contributed by atoms with van der Waals surface area (Å²) in [5.41, 5.74) is 1.02. The molecule has 22 heavy (non-hydrogen) atoms. The van der Waals surface area contributed by atoms with E-state index in [-0.39, 0.29) is 18.2 Å². The van der Waals surface area contributed by atoms with Crippen LogP contribution in [-0.4, -0.2) is 62.0 Å². The molecule has 1 N–H and O–H groups in total. The number of amides is 2. The van der Waals surface area contributed by atoms with Crippen LogP contribution < -0.4 is 10.1 Å². The third-order valence-electron chi connectivity index (χ3n) is 3.87. The second-order valence-corrected chi connectivity index (χ2v) is 5.58. The van der Waals surface area contributed by atoms with E-state index in [1.54, 1.807) is 21.2 Å². The molecule has 0 spiro atoms. The van der Waals surface area contributed by atoms with Crippen molar-refractivity contribution in [3.63, 3.8) is 0 Å². The van der Waals surface area contributed by atoms with Crippen molar-refractivity contribution < 1.29 is 14.3 Å². The summed E-state index contributed by atoms with van der Waals surface area (Å²) in [6.45, 7) is 1.90. The van der Waals surface area contributed by atoms with E-state index in [2.05, 4.69) is 5.32 Å². The number of rotatable bonds is 5. The van der Waals surface area contributed by atoms with Crippen LogP contribution in [0.2, 0.25) is 0 Å². The highest BCUT2D eigenvalue weighted by Gasteiger charge is 2.32. The normalized spacial score (nSPS) is 18.7. The topological polar surface area (TPSA) is 61.9 Å². The first-order valence-corrected chi connectivity index (χ1v) is 7.36. The Labute approximate surface area is 131 Å². The Hall–Kier alpha value is -2.08. The molecule has 0 aliphatic carbocycles. The summed E-state index contributed by atoms with van der Waals surface area (Å²) >= 11 is 0. The SMILES string of the molecule is COc1ccccc1CN1CCNC(=O)[C@@H]1CC(=O)N(C)C. The van der Waals surface area contributed by atoms with E-state index in [0.717, 1.165) is 17.9 Å². The van der Waals surface area contributed by atoms with E-state index in [1.165, 1.54) is 4.90 Å². The van der Waals surface area contributed by atoms with E-state index >= 15 is 0 Å². The van der Waals surface area contributed by atoms with Gasteiger partial charge in [-0.25, -0.2) is 0 Å². The van der Waals surface area contributed by atoms with Gasteiger partial charge in [-0.3, -0.25) is 14.5 Å². The minimum Gasteiger partial charge on any atom is -0.496 e. The lowest BCUT2D eigenvalue weighted by molar-refractivity contribution is -0.137. The monoisotopic (exact) mass is 305 g/mol. The Balaban J connectivity index is 2.15. The first-order chi connectivity index (χ1) is 10.5. The Morgan fingerprint density at radius 3 is 2.82 bits per heavy atom. The lowest BCUT2D eigenvalue weighted by Gasteiger charge is -2.35. The fourth-order valence-electron chi connectivity index (χ4n) is 2.57. The van der Waals surface area contributed by atoms with Crippen LogP contribution in [0.3, 0.4) is 0 Å². The van der Waals surface area contributed by atoms with Crippen molar-refractivity contribution in [3.05, 3.63) is 29.8 Å². The van der Waals surface area contributed by atoms with Gasteiger partial charge in [-0.2, -0.15) is 0 Å². The Bertz CT molecular complexity index is 545. The standard InChI is InChI=1S/C16H23N3O3/c1-18(2)15(20)10-13-16(21)17-8-9-19(13)11-12-6-4-5-7-14(12)22-3/h4-7,13H,8-11H2,1-3H3,(H,17,21)/t13-/m0/s1. The largest absolute Gasteiger partial charge is 0.496 e. The maximum Gasteiger partial charge on any atom is 0.237 e. The van der Waals surface area contributed by atoms with Crippen LogP contribution in [0.5, 0.6) is 5.75 Å². The van der Waals surface area contributed by atoms with Crippen molar-refractivity contribution in [1.29, 1.82) is 0 Å². The van der Waals surface area contributed by atoms with Crippen LogP contribution in [0, 0.1) is 0 Å². The number of benzene rings is 1. The first-order valence-electron chi connectivity index (χ1n) is 7.36. The van der Waals surface area contributed by atoms with Gasteiger partial charge in [-0.15, -0.1) is 0 Å². The van der Waals surface area contributed by atoms with Crippen LogP contribution >= 0.6 is 0 Å². The molecule has 0 bridgehead atoms. The van der Waals surface area contributed by atoms with E-state index in [0.29, 0.717) is 13.1 Å². The molecule has 1 aromatic rings. The zero-order chi connectivity index (χ0) is 16.1. The number of ether oxygens (including phenoxy) is 1. The van der Waals surface area contributed by atoms with Crippen LogP contribution in [0.25, 0.3) is 0 Å². The highest BCUT2D eigenvalue weighted by Crippen LogP contribution is 2.22. The van der Waals surface area contributed by atoms with Gasteiger partial charge in [0, 0.05) is 39.3 Å². The first kappa shape index (κ1) is 16.3. The molecule has 6 nitrogen and oxygen atoms in total. The van der Waals surface area contributed by atoms with Crippen LogP contribution in [0.15, 0.2) is 24.3 Å². The number of piperazine rings is 1. The molecule has 1 aromatic carbocycles. The summed E-state index contributed by atoms with van der Waals surface area (Å²) in [6.07, 6.45) is 0.188. The van der Waals surface area contributed by atoms with Crippen LogP contribution in [0.4, 0.5) is 0 Å². The number of methoxy groups -OCH3 is 1. The molecular formula is C16H23N3O3. The fraction of sp³-hybridized carbons (Fsp3) is 0.500. The third kappa shape index (κ3) is 3.76. The lowest BCUT2D eigenvalue weighted by atomic mass is 10.1. The highest BCUT2D eigenvalue weighted by atomic mass is 16.5. The summed E-state index contributed by atoms with van der Waals surface area (Å²) < 4.78 is 5.37. The molecule has 2 rings (SSSR count). The molecule has 1 heterocycles. The van der Waals surface area contributed by atoms with Crippen molar-refractivity contribution in [2.24, 2.45) is 0 Å². The predicted molar refractivity (Wildman–Crippen MR) is 83.5 cm³/mol. The summed E-state index contributed by atoms with van der Waals surface area (Å²) in [5, 5.41) is 2.84. The summed E-state index contributed by atoms with van der Waals surface area (Å²) in [7, 11) is 5.04. The number of nitrogens with zero attached hydrogens (tertiary/aromatic N) is 2. The summed E-state index contributed by atoms with van der Waals surface area (Å²) in [6, 6.07) is 7.31. The number of nitrogens with one attached hydrogen (secondary N) is 1. The van der Waals surface area contributed by atoms with Gasteiger partial charge < -0.3 is 15.0 Å². The van der Waals surface area contributed by atoms with Crippen molar-refractivity contribution in [2.75, 3.05) is 34.3 Å². The Kier molecular flexibility index (Phi) is 5.38. The van der Waals surface area contributed by atoms with Crippen LogP contribution in [0.1, 0.15) is 12.0 Å². The molecule has 6 heteroatoms. The van der Waals surface area contributed by atoms with Gasteiger partial charge in [0.05, 0.1) is 19.6 Å². The van der Waals surface area contributed by atoms with E-state index in [9.17, 15) is 9.59 Å². The molecule has 2 amide bonds. The third-order valence-corrected chi connectivity index (χ3v) is 3.87. The zero-order valence-corrected chi connectivity index (χ0v) is 13.3. The van der Waals surface area contributed by atoms with Gasteiger partial charge in [0.1, 0.15) is 5.75 Å². The second-order valence-electron chi connectivity index (χ2n) is 5.58. The van der Waals surface area contributed by atoms with E-state index in [1.807, 2.05) is 29.2 Å². The number of para-hydroxylation sites is 1. The molecule has 1 fully saturated rings. The van der Waals surface area contributed by atoms with E-state index in [4.69, 9.17) is 4.74 Å².